The van der Waals surface area contributed by atoms with Gasteiger partial charge in [-0.05, 0) is 18.1 Å². The van der Waals surface area contributed by atoms with Gasteiger partial charge in [-0.25, -0.2) is 4.98 Å². The van der Waals surface area contributed by atoms with Crippen molar-refractivity contribution >= 4 is 35.0 Å². The molecule has 0 saturated carbocycles. The second kappa shape index (κ2) is 7.01. The molecule has 1 aliphatic rings. The van der Waals surface area contributed by atoms with E-state index in [9.17, 15) is 0 Å². The van der Waals surface area contributed by atoms with Gasteiger partial charge in [-0.3, -0.25) is 0 Å². The van der Waals surface area contributed by atoms with Gasteiger partial charge in [0.2, 0.25) is 11.7 Å². The Kier molecular flexibility index (Phi) is 4.96. The lowest BCUT2D eigenvalue weighted by molar-refractivity contribution is 0.324. The van der Waals surface area contributed by atoms with E-state index >= 15 is 0 Å². The maximum Gasteiger partial charge on any atom is 0.223 e. The first kappa shape index (κ1) is 17.7. The Balaban J connectivity index is 2.01. The summed E-state index contributed by atoms with van der Waals surface area (Å²) in [5.74, 6) is 2.29. The molecule has 1 aromatic carbocycles. The number of ether oxygens (including phenoxy) is 3. The summed E-state index contributed by atoms with van der Waals surface area (Å²) < 4.78 is 16.1. The molecule has 1 aromatic heterocycles. The van der Waals surface area contributed by atoms with E-state index in [0.717, 1.165) is 29.9 Å². The van der Waals surface area contributed by atoms with Crippen molar-refractivity contribution in [1.82, 2.24) is 9.97 Å². The molecule has 25 heavy (non-hydrogen) atoms. The van der Waals surface area contributed by atoms with Crippen LogP contribution in [0.15, 0.2) is 6.07 Å². The molecule has 3 rings (SSSR count). The SMILES string of the molecule is COc1cc(CN2CCc3c(Cl)nc(N)nc32)c(Cl)c(OC)c1OC. The third-order valence-electron chi connectivity index (χ3n) is 4.09. The average Bonchev–Trinajstić information content (AvgIpc) is 2.99. The third-order valence-corrected chi connectivity index (χ3v) is 4.82. The highest BCUT2D eigenvalue weighted by Gasteiger charge is 2.27. The summed E-state index contributed by atoms with van der Waals surface area (Å²) in [5.41, 5.74) is 7.44. The Bertz CT molecular complexity index is 817. The first-order chi connectivity index (χ1) is 12.0. The number of fused-ring (bicyclic) bond motifs is 1. The third kappa shape index (κ3) is 3.09. The minimum absolute atomic E-state index is 0.145. The van der Waals surface area contributed by atoms with Crippen molar-refractivity contribution < 1.29 is 14.2 Å². The van der Waals surface area contributed by atoms with Crippen molar-refractivity contribution in [3.63, 3.8) is 0 Å². The zero-order valence-corrected chi connectivity index (χ0v) is 15.6. The van der Waals surface area contributed by atoms with Crippen LogP contribution in [0.2, 0.25) is 10.2 Å². The van der Waals surface area contributed by atoms with Gasteiger partial charge in [0.05, 0.1) is 26.4 Å². The molecule has 1 aliphatic heterocycles. The monoisotopic (exact) mass is 384 g/mol. The zero-order valence-electron chi connectivity index (χ0n) is 14.1. The predicted molar refractivity (Wildman–Crippen MR) is 97.3 cm³/mol. The molecule has 0 saturated heterocycles. The van der Waals surface area contributed by atoms with Crippen LogP contribution in [-0.2, 0) is 13.0 Å². The van der Waals surface area contributed by atoms with Gasteiger partial charge in [-0.2, -0.15) is 4.98 Å². The molecule has 0 spiro atoms. The first-order valence-corrected chi connectivity index (χ1v) is 8.29. The van der Waals surface area contributed by atoms with E-state index in [0.29, 0.717) is 34.0 Å². The minimum Gasteiger partial charge on any atom is -0.493 e. The molecular formula is C16H18Cl2N4O3. The Morgan fingerprint density at radius 2 is 1.84 bits per heavy atom. The Morgan fingerprint density at radius 3 is 2.48 bits per heavy atom. The fourth-order valence-corrected chi connectivity index (χ4v) is 3.48. The lowest BCUT2D eigenvalue weighted by atomic mass is 10.1. The van der Waals surface area contributed by atoms with E-state index < -0.39 is 0 Å². The van der Waals surface area contributed by atoms with Crippen molar-refractivity contribution in [2.45, 2.75) is 13.0 Å². The normalized spacial score (nSPS) is 12.9. The summed E-state index contributed by atoms with van der Waals surface area (Å²) in [6.07, 6.45) is 0.747. The fraction of sp³-hybridized carbons (Fsp3) is 0.375. The van der Waals surface area contributed by atoms with Crippen LogP contribution in [0.25, 0.3) is 0 Å². The van der Waals surface area contributed by atoms with Crippen LogP contribution < -0.4 is 24.8 Å². The van der Waals surface area contributed by atoms with E-state index in [1.165, 1.54) is 14.2 Å². The Labute approximate surface area is 155 Å². The van der Waals surface area contributed by atoms with Crippen LogP contribution in [0.1, 0.15) is 11.1 Å². The number of nitrogens with two attached hydrogens (primary N) is 1. The van der Waals surface area contributed by atoms with Gasteiger partial charge in [-0.1, -0.05) is 23.2 Å². The number of hydrogen-bond acceptors (Lipinski definition) is 7. The number of aromatic nitrogens is 2. The number of rotatable bonds is 5. The van der Waals surface area contributed by atoms with Crippen LogP contribution in [0, 0.1) is 0 Å². The summed E-state index contributed by atoms with van der Waals surface area (Å²) in [4.78, 5) is 10.4. The van der Waals surface area contributed by atoms with E-state index in [1.807, 2.05) is 11.0 Å². The first-order valence-electron chi connectivity index (χ1n) is 7.54. The number of nitrogen functional groups attached to an aromatic ring is 1. The molecular weight excluding hydrogens is 367 g/mol. The van der Waals surface area contributed by atoms with Gasteiger partial charge in [0.15, 0.2) is 11.5 Å². The highest BCUT2D eigenvalue weighted by molar-refractivity contribution is 6.33. The molecule has 0 fully saturated rings. The molecule has 9 heteroatoms. The van der Waals surface area contributed by atoms with Crippen LogP contribution in [0.5, 0.6) is 17.2 Å². The zero-order chi connectivity index (χ0) is 18.1. The minimum atomic E-state index is 0.145. The van der Waals surface area contributed by atoms with Crippen molar-refractivity contribution in [1.29, 1.82) is 0 Å². The van der Waals surface area contributed by atoms with Gasteiger partial charge >= 0.3 is 0 Å². The van der Waals surface area contributed by atoms with Gasteiger partial charge in [0.25, 0.3) is 0 Å². The number of halogens is 2. The summed E-state index contributed by atoms with van der Waals surface area (Å²) >= 11 is 12.7. The number of hydrogen-bond donors (Lipinski definition) is 1. The van der Waals surface area contributed by atoms with Crippen LogP contribution in [0.4, 0.5) is 11.8 Å². The summed E-state index contributed by atoms with van der Waals surface area (Å²) in [7, 11) is 4.63. The van der Waals surface area contributed by atoms with Crippen molar-refractivity contribution in [2.24, 2.45) is 0 Å². The van der Waals surface area contributed by atoms with E-state index in [-0.39, 0.29) is 5.95 Å². The van der Waals surface area contributed by atoms with Gasteiger partial charge < -0.3 is 24.8 Å². The highest BCUT2D eigenvalue weighted by Crippen LogP contribution is 2.45. The molecule has 0 bridgehead atoms. The van der Waals surface area contributed by atoms with Crippen molar-refractivity contribution in [3.05, 3.63) is 27.4 Å². The molecule has 134 valence electrons. The van der Waals surface area contributed by atoms with Crippen molar-refractivity contribution in [3.8, 4) is 17.2 Å². The second-order valence-corrected chi connectivity index (χ2v) is 6.20. The summed E-state index contributed by atoms with van der Waals surface area (Å²) in [6.45, 7) is 1.23. The fourth-order valence-electron chi connectivity index (χ4n) is 2.94. The lowest BCUT2D eigenvalue weighted by Crippen LogP contribution is -2.21. The summed E-state index contributed by atoms with van der Waals surface area (Å²) in [6, 6.07) is 1.83. The standard InChI is InChI=1S/C16H18Cl2N4O3/c1-23-10-6-8(11(17)13(25-3)12(10)24-2)7-22-5-4-9-14(18)20-16(19)21-15(9)22/h6H,4-5,7H2,1-3H3,(H2,19,20,21). The quantitative estimate of drug-likeness (QED) is 0.793. The number of benzene rings is 1. The van der Waals surface area contributed by atoms with E-state index in [4.69, 9.17) is 43.1 Å². The van der Waals surface area contributed by atoms with Gasteiger partial charge in [0, 0.05) is 18.7 Å². The topological polar surface area (TPSA) is 82.7 Å². The average molecular weight is 385 g/mol. The predicted octanol–water partition coefficient (Wildman–Crippen LogP) is 2.95. The second-order valence-electron chi connectivity index (χ2n) is 5.46. The molecule has 0 aliphatic carbocycles. The Morgan fingerprint density at radius 1 is 1.12 bits per heavy atom. The highest BCUT2D eigenvalue weighted by atomic mass is 35.5. The maximum atomic E-state index is 6.52. The van der Waals surface area contributed by atoms with Crippen LogP contribution >= 0.6 is 23.2 Å². The van der Waals surface area contributed by atoms with Crippen LogP contribution in [0.3, 0.4) is 0 Å². The molecule has 2 heterocycles. The smallest absolute Gasteiger partial charge is 0.223 e. The van der Waals surface area contributed by atoms with E-state index in [1.54, 1.807) is 7.11 Å². The maximum absolute atomic E-state index is 6.52. The van der Waals surface area contributed by atoms with Gasteiger partial charge in [-0.15, -0.1) is 0 Å². The van der Waals surface area contributed by atoms with Crippen molar-refractivity contribution in [2.75, 3.05) is 38.5 Å². The van der Waals surface area contributed by atoms with E-state index in [2.05, 4.69) is 9.97 Å². The lowest BCUT2D eigenvalue weighted by Gasteiger charge is -2.22. The van der Waals surface area contributed by atoms with Gasteiger partial charge in [0.1, 0.15) is 11.0 Å². The molecule has 0 amide bonds. The van der Waals surface area contributed by atoms with Crippen LogP contribution in [-0.4, -0.2) is 37.8 Å². The number of nitrogens with zero attached hydrogens (tertiary/aromatic N) is 3. The number of anilines is 2. The Hall–Kier alpha value is -2.12. The molecule has 7 nitrogen and oxygen atoms in total. The molecule has 0 atom stereocenters. The summed E-state index contributed by atoms with van der Waals surface area (Å²) in [5, 5.41) is 0.850. The molecule has 2 N–H and O–H groups in total. The molecule has 0 radical (unpaired) electrons. The molecule has 2 aromatic rings. The molecule has 0 unspecified atom stereocenters. The largest absolute Gasteiger partial charge is 0.493 e. The number of methoxy groups -OCH3 is 3.